The maximum atomic E-state index is 6.06. The highest BCUT2D eigenvalue weighted by Gasteiger charge is 2.07. The molecule has 1 aromatic carbocycles. The van der Waals surface area contributed by atoms with Crippen LogP contribution in [0.4, 0.5) is 5.69 Å². The smallest absolute Gasteiger partial charge is 0.0823 e. The van der Waals surface area contributed by atoms with Crippen molar-refractivity contribution < 1.29 is 0 Å². The van der Waals surface area contributed by atoms with Gasteiger partial charge in [-0.1, -0.05) is 43.1 Å². The van der Waals surface area contributed by atoms with Crippen molar-refractivity contribution in [2.24, 2.45) is 0 Å². The summed E-state index contributed by atoms with van der Waals surface area (Å²) in [6.45, 7) is 4.30. The molecule has 0 fully saturated rings. The molecule has 0 saturated heterocycles. The van der Waals surface area contributed by atoms with Gasteiger partial charge in [-0.05, 0) is 25.0 Å². The van der Waals surface area contributed by atoms with Gasteiger partial charge in [-0.2, -0.15) is 0 Å². The molecule has 0 radical (unpaired) electrons. The van der Waals surface area contributed by atoms with Crippen molar-refractivity contribution in [3.63, 3.8) is 0 Å². The zero-order valence-corrected chi connectivity index (χ0v) is 9.99. The lowest BCUT2D eigenvalue weighted by atomic mass is 10.1. The molecule has 0 aliphatic carbocycles. The van der Waals surface area contributed by atoms with Gasteiger partial charge in [0, 0.05) is 6.04 Å². The van der Waals surface area contributed by atoms with E-state index in [1.807, 2.05) is 12.1 Å². The Hall–Kier alpha value is -0.400. The Labute approximate surface area is 95.4 Å². The number of hydrogen-bond acceptors (Lipinski definition) is 1. The summed E-state index contributed by atoms with van der Waals surface area (Å²) in [5.41, 5.74) is 0.924. The molecule has 3 heteroatoms. The normalized spacial score (nSPS) is 10.6. The van der Waals surface area contributed by atoms with Gasteiger partial charge >= 0.3 is 0 Å². The SMILES string of the molecule is CCC(CC)Nc1cccc(Cl)c1Cl. The van der Waals surface area contributed by atoms with E-state index in [1.54, 1.807) is 6.07 Å². The summed E-state index contributed by atoms with van der Waals surface area (Å²) < 4.78 is 0. The highest BCUT2D eigenvalue weighted by atomic mass is 35.5. The van der Waals surface area contributed by atoms with Crippen molar-refractivity contribution in [1.29, 1.82) is 0 Å². The van der Waals surface area contributed by atoms with Crippen molar-refractivity contribution >= 4 is 28.9 Å². The third-order valence-electron chi connectivity index (χ3n) is 2.30. The lowest BCUT2D eigenvalue weighted by molar-refractivity contribution is 0.672. The second-order valence-electron chi connectivity index (χ2n) is 3.26. The summed E-state index contributed by atoms with van der Waals surface area (Å²) in [6.07, 6.45) is 2.17. The number of rotatable bonds is 4. The van der Waals surface area contributed by atoms with Crippen molar-refractivity contribution in [1.82, 2.24) is 0 Å². The Morgan fingerprint density at radius 3 is 2.43 bits per heavy atom. The molecule has 0 spiro atoms. The first-order valence-corrected chi connectivity index (χ1v) is 5.65. The maximum Gasteiger partial charge on any atom is 0.0823 e. The fraction of sp³-hybridized carbons (Fsp3) is 0.455. The molecule has 0 aliphatic rings. The fourth-order valence-corrected chi connectivity index (χ4v) is 1.68. The number of halogens is 2. The highest BCUT2D eigenvalue weighted by Crippen LogP contribution is 2.30. The van der Waals surface area contributed by atoms with E-state index in [1.165, 1.54) is 0 Å². The lowest BCUT2D eigenvalue weighted by Gasteiger charge is -2.17. The van der Waals surface area contributed by atoms with Crippen LogP contribution in [0.5, 0.6) is 0 Å². The second kappa shape index (κ2) is 5.47. The largest absolute Gasteiger partial charge is 0.381 e. The standard InChI is InChI=1S/C11H15Cl2N/c1-3-8(4-2)14-10-7-5-6-9(12)11(10)13/h5-8,14H,3-4H2,1-2H3. The Morgan fingerprint density at radius 2 is 1.86 bits per heavy atom. The molecule has 0 heterocycles. The van der Waals surface area contributed by atoms with Crippen LogP contribution in [-0.2, 0) is 0 Å². The fourth-order valence-electron chi connectivity index (χ4n) is 1.33. The molecule has 1 aromatic rings. The first-order valence-electron chi connectivity index (χ1n) is 4.89. The van der Waals surface area contributed by atoms with E-state index in [0.29, 0.717) is 16.1 Å². The number of anilines is 1. The third-order valence-corrected chi connectivity index (χ3v) is 3.12. The van der Waals surface area contributed by atoms with E-state index in [9.17, 15) is 0 Å². The number of hydrogen-bond donors (Lipinski definition) is 1. The van der Waals surface area contributed by atoms with Crippen LogP contribution in [0.1, 0.15) is 26.7 Å². The minimum Gasteiger partial charge on any atom is -0.381 e. The van der Waals surface area contributed by atoms with Gasteiger partial charge in [-0.25, -0.2) is 0 Å². The molecule has 1 rings (SSSR count). The summed E-state index contributed by atoms with van der Waals surface area (Å²) >= 11 is 12.0. The minimum absolute atomic E-state index is 0.464. The van der Waals surface area contributed by atoms with Crippen molar-refractivity contribution in [3.05, 3.63) is 28.2 Å². The minimum atomic E-state index is 0.464. The molecule has 1 N–H and O–H groups in total. The van der Waals surface area contributed by atoms with E-state index in [2.05, 4.69) is 19.2 Å². The molecule has 0 amide bonds. The van der Waals surface area contributed by atoms with Gasteiger partial charge < -0.3 is 5.32 Å². The van der Waals surface area contributed by atoms with Crippen LogP contribution in [0.2, 0.25) is 10.0 Å². The van der Waals surface area contributed by atoms with Gasteiger partial charge in [-0.3, -0.25) is 0 Å². The van der Waals surface area contributed by atoms with E-state index in [4.69, 9.17) is 23.2 Å². The van der Waals surface area contributed by atoms with Crippen LogP contribution in [-0.4, -0.2) is 6.04 Å². The summed E-state index contributed by atoms with van der Waals surface area (Å²) in [4.78, 5) is 0. The van der Waals surface area contributed by atoms with E-state index in [-0.39, 0.29) is 0 Å². The van der Waals surface area contributed by atoms with Crippen LogP contribution in [0, 0.1) is 0 Å². The van der Waals surface area contributed by atoms with Crippen LogP contribution in [0.15, 0.2) is 18.2 Å². The van der Waals surface area contributed by atoms with Gasteiger partial charge in [0.25, 0.3) is 0 Å². The van der Waals surface area contributed by atoms with E-state index >= 15 is 0 Å². The van der Waals surface area contributed by atoms with Crippen LogP contribution in [0.25, 0.3) is 0 Å². The van der Waals surface area contributed by atoms with Gasteiger partial charge in [0.2, 0.25) is 0 Å². The Balaban J connectivity index is 2.80. The predicted octanol–water partition coefficient (Wildman–Crippen LogP) is 4.59. The molecule has 0 bridgehead atoms. The zero-order valence-electron chi connectivity index (χ0n) is 8.48. The summed E-state index contributed by atoms with van der Waals surface area (Å²) in [5.74, 6) is 0. The Kier molecular flexibility index (Phi) is 4.56. The number of benzene rings is 1. The van der Waals surface area contributed by atoms with Crippen molar-refractivity contribution in [2.75, 3.05) is 5.32 Å². The molecule has 14 heavy (non-hydrogen) atoms. The van der Waals surface area contributed by atoms with Gasteiger partial charge in [-0.15, -0.1) is 0 Å². The second-order valence-corrected chi connectivity index (χ2v) is 4.04. The maximum absolute atomic E-state index is 6.06. The highest BCUT2D eigenvalue weighted by molar-refractivity contribution is 6.43. The molecule has 0 aliphatic heterocycles. The summed E-state index contributed by atoms with van der Waals surface area (Å²) in [7, 11) is 0. The number of nitrogens with one attached hydrogen (secondary N) is 1. The zero-order chi connectivity index (χ0) is 10.6. The Bertz CT molecular complexity index is 295. The van der Waals surface area contributed by atoms with Gasteiger partial charge in [0.15, 0.2) is 0 Å². The molecule has 1 nitrogen and oxygen atoms in total. The molecular formula is C11H15Cl2N. The van der Waals surface area contributed by atoms with Gasteiger partial charge in [0.05, 0.1) is 15.7 Å². The quantitative estimate of drug-likeness (QED) is 0.800. The van der Waals surface area contributed by atoms with Crippen LogP contribution in [0.3, 0.4) is 0 Å². The molecule has 0 aromatic heterocycles. The molecule has 0 atom stereocenters. The van der Waals surface area contributed by atoms with E-state index in [0.717, 1.165) is 18.5 Å². The van der Waals surface area contributed by atoms with Crippen LogP contribution < -0.4 is 5.32 Å². The van der Waals surface area contributed by atoms with E-state index < -0.39 is 0 Å². The third kappa shape index (κ3) is 2.79. The average molecular weight is 232 g/mol. The monoisotopic (exact) mass is 231 g/mol. The summed E-state index contributed by atoms with van der Waals surface area (Å²) in [5, 5.41) is 4.58. The molecule has 0 unspecified atom stereocenters. The Morgan fingerprint density at radius 1 is 1.21 bits per heavy atom. The topological polar surface area (TPSA) is 12.0 Å². The van der Waals surface area contributed by atoms with Gasteiger partial charge in [0.1, 0.15) is 0 Å². The molecular weight excluding hydrogens is 217 g/mol. The first kappa shape index (κ1) is 11.7. The lowest BCUT2D eigenvalue weighted by Crippen LogP contribution is -2.17. The van der Waals surface area contributed by atoms with Crippen molar-refractivity contribution in [2.45, 2.75) is 32.7 Å². The summed E-state index contributed by atoms with van der Waals surface area (Å²) in [6, 6.07) is 6.11. The molecule has 78 valence electrons. The predicted molar refractivity (Wildman–Crippen MR) is 64.5 cm³/mol. The molecule has 0 saturated carbocycles. The van der Waals surface area contributed by atoms with Crippen molar-refractivity contribution in [3.8, 4) is 0 Å². The first-order chi connectivity index (χ1) is 6.69. The average Bonchev–Trinajstić information content (AvgIpc) is 2.20. The van der Waals surface area contributed by atoms with Crippen LogP contribution >= 0.6 is 23.2 Å².